The molecule has 1 atom stereocenters. The minimum Gasteiger partial charge on any atom is -0.489 e. The molecule has 0 saturated carbocycles. The van der Waals surface area contributed by atoms with Crippen molar-refractivity contribution in [2.45, 2.75) is 25.0 Å². The lowest BCUT2D eigenvalue weighted by Crippen LogP contribution is -2.30. The molecule has 0 spiro atoms. The zero-order chi connectivity index (χ0) is 29.5. The first-order chi connectivity index (χ1) is 20.3. The molecule has 0 radical (unpaired) electrons. The van der Waals surface area contributed by atoms with Crippen LogP contribution in [0.4, 0.5) is 17.6 Å². The van der Waals surface area contributed by atoms with E-state index in [0.717, 1.165) is 34.8 Å². The predicted molar refractivity (Wildman–Crippen MR) is 143 cm³/mol. The van der Waals surface area contributed by atoms with Gasteiger partial charge in [0.1, 0.15) is 36.0 Å². The molecule has 208 valence electrons. The molecule has 3 aromatic carbocycles. The summed E-state index contributed by atoms with van der Waals surface area (Å²) in [5.41, 5.74) is 1.55. The number of tetrazole rings is 1. The Balaban J connectivity index is 1.28. The first kappa shape index (κ1) is 28.0. The number of hydrogen-bond acceptors (Lipinski definition) is 6. The van der Waals surface area contributed by atoms with Gasteiger partial charge in [-0.15, -0.1) is 5.10 Å². The second-order valence-electron chi connectivity index (χ2n) is 9.18. The van der Waals surface area contributed by atoms with Gasteiger partial charge < -0.3 is 4.74 Å². The number of benzene rings is 3. The highest BCUT2D eigenvalue weighted by Crippen LogP contribution is 2.43. The van der Waals surface area contributed by atoms with Crippen molar-refractivity contribution in [2.24, 2.45) is 0 Å². The lowest BCUT2D eigenvalue weighted by molar-refractivity contribution is -0.0455. The van der Waals surface area contributed by atoms with Crippen molar-refractivity contribution in [3.05, 3.63) is 137 Å². The smallest absolute Gasteiger partial charge is 0.298 e. The van der Waals surface area contributed by atoms with E-state index in [-0.39, 0.29) is 0 Å². The molecule has 7 nitrogen and oxygen atoms in total. The third kappa shape index (κ3) is 6.60. The molecule has 0 fully saturated rings. The van der Waals surface area contributed by atoms with Crippen molar-refractivity contribution in [1.29, 1.82) is 5.26 Å². The molecule has 42 heavy (non-hydrogen) atoms. The van der Waals surface area contributed by atoms with Gasteiger partial charge in [-0.2, -0.15) is 14.0 Å². The van der Waals surface area contributed by atoms with E-state index in [1.54, 1.807) is 36.4 Å². The summed E-state index contributed by atoms with van der Waals surface area (Å²) in [6.07, 6.45) is 2.34. The Hall–Kier alpha value is -5.55. The molecule has 0 unspecified atom stereocenters. The average Bonchev–Trinajstić information content (AvgIpc) is 3.53. The van der Waals surface area contributed by atoms with Gasteiger partial charge in [0.2, 0.25) is 0 Å². The second-order valence-corrected chi connectivity index (χ2v) is 9.18. The van der Waals surface area contributed by atoms with Crippen LogP contribution in [-0.2, 0) is 19.1 Å². The fraction of sp³-hybridized carbons (Fsp3) is 0.129. The highest BCUT2D eigenvalue weighted by molar-refractivity contribution is 5.44. The van der Waals surface area contributed by atoms with E-state index in [1.807, 2.05) is 12.1 Å². The monoisotopic (exact) mass is 568 g/mol. The Morgan fingerprint density at radius 2 is 1.60 bits per heavy atom. The lowest BCUT2D eigenvalue weighted by Gasteiger charge is -2.27. The molecule has 0 aliphatic carbocycles. The first-order valence-corrected chi connectivity index (χ1v) is 12.6. The molecule has 0 saturated heterocycles. The number of ether oxygens (including phenoxy) is 1. The Morgan fingerprint density at radius 1 is 0.881 bits per heavy atom. The minimum atomic E-state index is -3.66. The van der Waals surface area contributed by atoms with Gasteiger partial charge in [-0.3, -0.25) is 4.98 Å². The van der Waals surface area contributed by atoms with Crippen LogP contribution in [0, 0.1) is 34.8 Å². The number of alkyl halides is 2. The summed E-state index contributed by atoms with van der Waals surface area (Å²) < 4.78 is 66.3. The van der Waals surface area contributed by atoms with Crippen molar-refractivity contribution in [3.8, 4) is 23.7 Å². The van der Waals surface area contributed by atoms with Gasteiger partial charge in [0, 0.05) is 23.4 Å². The number of pyridine rings is 1. The summed E-state index contributed by atoms with van der Waals surface area (Å²) in [6, 6.07) is 21.2. The molecular formula is C31H20F4N6O. The number of halogens is 4. The minimum absolute atomic E-state index is 0.337. The third-order valence-electron chi connectivity index (χ3n) is 6.34. The maximum atomic E-state index is 15.7. The van der Waals surface area contributed by atoms with Crippen LogP contribution in [0.1, 0.15) is 39.4 Å². The molecule has 0 bridgehead atoms. The molecule has 11 heteroatoms. The van der Waals surface area contributed by atoms with Gasteiger partial charge in [0.05, 0.1) is 24.1 Å². The summed E-state index contributed by atoms with van der Waals surface area (Å²) in [5.74, 6) is -0.965. The van der Waals surface area contributed by atoms with Crippen LogP contribution in [-0.4, -0.2) is 25.2 Å². The summed E-state index contributed by atoms with van der Waals surface area (Å²) in [5, 5.41) is 19.4. The van der Waals surface area contributed by atoms with E-state index in [9.17, 15) is 8.78 Å². The topological polar surface area (TPSA) is 89.5 Å². The average molecular weight is 569 g/mol. The van der Waals surface area contributed by atoms with Crippen LogP contribution in [0.5, 0.6) is 5.75 Å². The molecule has 0 N–H and O–H groups in total. The number of nitriles is 1. The molecule has 5 rings (SSSR count). The van der Waals surface area contributed by atoms with Crippen molar-refractivity contribution in [3.63, 3.8) is 0 Å². The van der Waals surface area contributed by atoms with Gasteiger partial charge >= 0.3 is 0 Å². The molecule has 0 amide bonds. The fourth-order valence-corrected chi connectivity index (χ4v) is 4.11. The zero-order valence-corrected chi connectivity index (χ0v) is 21.8. The summed E-state index contributed by atoms with van der Waals surface area (Å²) in [6.45, 7) is -0.136. The highest BCUT2D eigenvalue weighted by atomic mass is 19.3. The molecule has 2 aromatic heterocycles. The second kappa shape index (κ2) is 12.3. The van der Waals surface area contributed by atoms with Gasteiger partial charge in [-0.1, -0.05) is 30.0 Å². The molecule has 5 aromatic rings. The zero-order valence-electron chi connectivity index (χ0n) is 21.8. The van der Waals surface area contributed by atoms with Gasteiger partial charge in [-0.05, 0) is 76.2 Å². The van der Waals surface area contributed by atoms with Crippen molar-refractivity contribution in [1.82, 2.24) is 25.2 Å². The normalized spacial score (nSPS) is 11.7. The van der Waals surface area contributed by atoms with Crippen LogP contribution >= 0.6 is 0 Å². The van der Waals surface area contributed by atoms with E-state index < -0.39 is 41.3 Å². The van der Waals surface area contributed by atoms with Crippen LogP contribution in [0.25, 0.3) is 0 Å². The number of nitrogens with zero attached hydrogens (tertiary/aromatic N) is 6. The third-order valence-corrected chi connectivity index (χ3v) is 6.34. The first-order valence-electron chi connectivity index (χ1n) is 12.6. The van der Waals surface area contributed by atoms with E-state index in [2.05, 4.69) is 38.4 Å². The fourth-order valence-electron chi connectivity index (χ4n) is 4.11. The Morgan fingerprint density at radius 3 is 2.24 bits per heavy atom. The van der Waals surface area contributed by atoms with Crippen molar-refractivity contribution in [2.75, 3.05) is 0 Å². The van der Waals surface area contributed by atoms with Crippen LogP contribution < -0.4 is 4.74 Å². The number of rotatable bonds is 8. The Labute approximate surface area is 238 Å². The summed E-state index contributed by atoms with van der Waals surface area (Å²) >= 11 is 0. The standard InChI is InChI=1S/C31H20F4N6O/c32-25-10-13-27(29(33)15-25)28(18-41-20-38-39-40-41)31(34,35)30-14-9-23(17-37-30)4-1-21-7-11-26(12-8-21)42-19-24-5-2-22(16-36)3-6-24/h2-3,5-15,17,20,28H,18-19H2/t28-/m0/s1. The largest absolute Gasteiger partial charge is 0.489 e. The maximum absolute atomic E-state index is 15.7. The van der Waals surface area contributed by atoms with Gasteiger partial charge in [0.25, 0.3) is 5.92 Å². The number of hydrogen-bond donors (Lipinski definition) is 0. The predicted octanol–water partition coefficient (Wildman–Crippen LogP) is 5.77. The molecule has 0 aliphatic rings. The Bertz CT molecular complexity index is 1760. The van der Waals surface area contributed by atoms with Crippen LogP contribution in [0.15, 0.2) is 91.4 Å². The van der Waals surface area contributed by atoms with Crippen LogP contribution in [0.3, 0.4) is 0 Å². The van der Waals surface area contributed by atoms with E-state index in [4.69, 9.17) is 10.00 Å². The van der Waals surface area contributed by atoms with E-state index in [0.29, 0.717) is 35.1 Å². The summed E-state index contributed by atoms with van der Waals surface area (Å²) in [4.78, 5) is 3.92. The number of aromatic nitrogens is 5. The maximum Gasteiger partial charge on any atom is 0.298 e. The molecule has 0 aliphatic heterocycles. The van der Waals surface area contributed by atoms with Gasteiger partial charge in [0.15, 0.2) is 0 Å². The van der Waals surface area contributed by atoms with Crippen molar-refractivity contribution < 1.29 is 22.3 Å². The van der Waals surface area contributed by atoms with Gasteiger partial charge in [-0.25, -0.2) is 13.5 Å². The van der Waals surface area contributed by atoms with Crippen LogP contribution in [0.2, 0.25) is 0 Å². The van der Waals surface area contributed by atoms with E-state index >= 15 is 8.78 Å². The molecular weight excluding hydrogens is 548 g/mol. The molecule has 2 heterocycles. The Kier molecular flexibility index (Phi) is 8.21. The highest BCUT2D eigenvalue weighted by Gasteiger charge is 2.45. The quantitative estimate of drug-likeness (QED) is 0.174. The van der Waals surface area contributed by atoms with Crippen molar-refractivity contribution >= 4 is 0 Å². The summed E-state index contributed by atoms with van der Waals surface area (Å²) in [7, 11) is 0. The van der Waals surface area contributed by atoms with E-state index in [1.165, 1.54) is 12.3 Å². The SMILES string of the molecule is N#Cc1ccc(COc2ccc(C#Cc3ccc(C(F)(F)[C@@H](Cn4cnnn4)c4ccc(F)cc4F)nc3)cc2)cc1. The lowest BCUT2D eigenvalue weighted by atomic mass is 9.89.